The SMILES string of the molecule is CC(Nc1cc(=O)[nH]cn1)c1cccc(Cl)c1. The summed E-state index contributed by atoms with van der Waals surface area (Å²) in [6, 6.07) is 9.01. The van der Waals surface area contributed by atoms with Gasteiger partial charge < -0.3 is 10.3 Å². The van der Waals surface area contributed by atoms with Crippen LogP contribution in [0.25, 0.3) is 0 Å². The number of hydrogen-bond donors (Lipinski definition) is 2. The van der Waals surface area contributed by atoms with Gasteiger partial charge in [0.2, 0.25) is 0 Å². The van der Waals surface area contributed by atoms with Crippen molar-refractivity contribution in [3.63, 3.8) is 0 Å². The second kappa shape index (κ2) is 5.01. The number of aromatic amines is 1. The van der Waals surface area contributed by atoms with E-state index in [1.54, 1.807) is 0 Å². The zero-order valence-corrected chi connectivity index (χ0v) is 10.0. The average molecular weight is 250 g/mol. The van der Waals surface area contributed by atoms with E-state index in [9.17, 15) is 4.79 Å². The van der Waals surface area contributed by atoms with Crippen LogP contribution in [0.1, 0.15) is 18.5 Å². The molecule has 5 heteroatoms. The summed E-state index contributed by atoms with van der Waals surface area (Å²) in [5, 5.41) is 3.83. The highest BCUT2D eigenvalue weighted by atomic mass is 35.5. The van der Waals surface area contributed by atoms with Crippen LogP contribution in [-0.4, -0.2) is 9.97 Å². The van der Waals surface area contributed by atoms with Crippen LogP contribution in [0.4, 0.5) is 5.82 Å². The summed E-state index contributed by atoms with van der Waals surface area (Å²) in [6.45, 7) is 1.98. The number of halogens is 1. The van der Waals surface area contributed by atoms with Crippen LogP contribution in [-0.2, 0) is 0 Å². The molecule has 0 radical (unpaired) electrons. The summed E-state index contributed by atoms with van der Waals surface area (Å²) in [4.78, 5) is 17.6. The molecule has 1 heterocycles. The molecule has 1 aromatic heterocycles. The minimum Gasteiger partial charge on any atom is -0.363 e. The number of H-pyrrole nitrogens is 1. The molecule has 0 fully saturated rings. The van der Waals surface area contributed by atoms with Gasteiger partial charge in [-0.3, -0.25) is 4.79 Å². The molecule has 4 nitrogen and oxygen atoms in total. The Morgan fingerprint density at radius 2 is 2.24 bits per heavy atom. The lowest BCUT2D eigenvalue weighted by Crippen LogP contribution is -2.12. The average Bonchev–Trinajstić information content (AvgIpc) is 2.29. The quantitative estimate of drug-likeness (QED) is 0.879. The Bertz CT molecular complexity index is 567. The van der Waals surface area contributed by atoms with Gasteiger partial charge in [0.25, 0.3) is 5.56 Å². The van der Waals surface area contributed by atoms with E-state index < -0.39 is 0 Å². The molecule has 0 aliphatic rings. The van der Waals surface area contributed by atoms with E-state index in [-0.39, 0.29) is 11.6 Å². The van der Waals surface area contributed by atoms with E-state index in [1.165, 1.54) is 12.4 Å². The minimum absolute atomic E-state index is 0.0306. The summed E-state index contributed by atoms with van der Waals surface area (Å²) < 4.78 is 0. The predicted molar refractivity (Wildman–Crippen MR) is 68.3 cm³/mol. The van der Waals surface area contributed by atoms with Gasteiger partial charge in [0, 0.05) is 17.1 Å². The molecule has 0 saturated carbocycles. The van der Waals surface area contributed by atoms with Crippen molar-refractivity contribution < 1.29 is 0 Å². The summed E-state index contributed by atoms with van der Waals surface area (Å²) in [7, 11) is 0. The number of nitrogens with one attached hydrogen (secondary N) is 2. The fourth-order valence-electron chi connectivity index (χ4n) is 1.53. The molecule has 1 atom stereocenters. The van der Waals surface area contributed by atoms with Gasteiger partial charge in [0.05, 0.1) is 6.33 Å². The molecular formula is C12H12ClN3O. The van der Waals surface area contributed by atoms with E-state index in [2.05, 4.69) is 15.3 Å². The molecule has 0 saturated heterocycles. The van der Waals surface area contributed by atoms with Crippen LogP contribution < -0.4 is 10.9 Å². The van der Waals surface area contributed by atoms with Crippen molar-refractivity contribution in [1.82, 2.24) is 9.97 Å². The summed E-state index contributed by atoms with van der Waals surface area (Å²) >= 11 is 5.92. The zero-order chi connectivity index (χ0) is 12.3. The predicted octanol–water partition coefficient (Wildman–Crippen LogP) is 2.60. The first-order chi connectivity index (χ1) is 8.15. The van der Waals surface area contributed by atoms with Crippen molar-refractivity contribution >= 4 is 17.4 Å². The van der Waals surface area contributed by atoms with Crippen LogP contribution in [0, 0.1) is 0 Å². The second-order valence-electron chi connectivity index (χ2n) is 3.72. The fourth-order valence-corrected chi connectivity index (χ4v) is 1.73. The Hall–Kier alpha value is -1.81. The third-order valence-electron chi connectivity index (χ3n) is 2.39. The fraction of sp³-hybridized carbons (Fsp3) is 0.167. The lowest BCUT2D eigenvalue weighted by molar-refractivity contribution is 0.870. The normalized spacial score (nSPS) is 12.1. The number of aromatic nitrogens is 2. The number of nitrogens with zero attached hydrogens (tertiary/aromatic N) is 1. The van der Waals surface area contributed by atoms with Gasteiger partial charge in [0.15, 0.2) is 0 Å². The maximum atomic E-state index is 11.1. The summed E-state index contributed by atoms with van der Waals surface area (Å²) in [6.07, 6.45) is 1.37. The van der Waals surface area contributed by atoms with Gasteiger partial charge >= 0.3 is 0 Å². The molecule has 0 spiro atoms. The maximum Gasteiger partial charge on any atom is 0.252 e. The molecule has 2 N–H and O–H groups in total. The monoisotopic (exact) mass is 249 g/mol. The molecule has 0 aliphatic carbocycles. The van der Waals surface area contributed by atoms with E-state index in [4.69, 9.17) is 11.6 Å². The maximum absolute atomic E-state index is 11.1. The van der Waals surface area contributed by atoms with Crippen molar-refractivity contribution in [2.75, 3.05) is 5.32 Å². The highest BCUT2D eigenvalue weighted by molar-refractivity contribution is 6.30. The second-order valence-corrected chi connectivity index (χ2v) is 4.15. The molecule has 88 valence electrons. The highest BCUT2D eigenvalue weighted by Gasteiger charge is 2.06. The third kappa shape index (κ3) is 3.07. The van der Waals surface area contributed by atoms with Gasteiger partial charge in [-0.1, -0.05) is 23.7 Å². The van der Waals surface area contributed by atoms with E-state index in [0.29, 0.717) is 10.8 Å². The largest absolute Gasteiger partial charge is 0.363 e. The number of benzene rings is 1. The molecule has 2 rings (SSSR count). The van der Waals surface area contributed by atoms with E-state index >= 15 is 0 Å². The van der Waals surface area contributed by atoms with E-state index in [1.807, 2.05) is 31.2 Å². The summed E-state index contributed by atoms with van der Waals surface area (Å²) in [5.74, 6) is 0.543. The first kappa shape index (κ1) is 11.7. The lowest BCUT2D eigenvalue weighted by atomic mass is 10.1. The lowest BCUT2D eigenvalue weighted by Gasteiger charge is -2.14. The molecule has 1 aromatic carbocycles. The molecular weight excluding hydrogens is 238 g/mol. The van der Waals surface area contributed by atoms with Crippen molar-refractivity contribution in [1.29, 1.82) is 0 Å². The minimum atomic E-state index is -0.180. The molecule has 0 aliphatic heterocycles. The van der Waals surface area contributed by atoms with Crippen LogP contribution in [0.2, 0.25) is 5.02 Å². The molecule has 0 bridgehead atoms. The molecule has 1 unspecified atom stereocenters. The van der Waals surface area contributed by atoms with Crippen LogP contribution in [0.15, 0.2) is 41.5 Å². The van der Waals surface area contributed by atoms with Gasteiger partial charge in [-0.15, -0.1) is 0 Å². The zero-order valence-electron chi connectivity index (χ0n) is 9.27. The first-order valence-electron chi connectivity index (χ1n) is 5.22. The Balaban J connectivity index is 2.17. The smallest absolute Gasteiger partial charge is 0.252 e. The van der Waals surface area contributed by atoms with Gasteiger partial charge in [-0.25, -0.2) is 4.98 Å². The number of rotatable bonds is 3. The van der Waals surface area contributed by atoms with Crippen molar-refractivity contribution in [2.24, 2.45) is 0 Å². The van der Waals surface area contributed by atoms with Gasteiger partial charge in [-0.2, -0.15) is 0 Å². The van der Waals surface area contributed by atoms with Gasteiger partial charge in [0.1, 0.15) is 5.82 Å². The highest BCUT2D eigenvalue weighted by Crippen LogP contribution is 2.20. The van der Waals surface area contributed by atoms with Crippen LogP contribution >= 0.6 is 11.6 Å². The molecule has 0 amide bonds. The number of anilines is 1. The van der Waals surface area contributed by atoms with Crippen LogP contribution in [0.3, 0.4) is 0 Å². The van der Waals surface area contributed by atoms with Crippen molar-refractivity contribution in [3.8, 4) is 0 Å². The molecule has 2 aromatic rings. The summed E-state index contributed by atoms with van der Waals surface area (Å²) in [5.41, 5.74) is 0.861. The first-order valence-corrected chi connectivity index (χ1v) is 5.59. The van der Waals surface area contributed by atoms with Crippen molar-refractivity contribution in [2.45, 2.75) is 13.0 Å². The topological polar surface area (TPSA) is 57.8 Å². The third-order valence-corrected chi connectivity index (χ3v) is 2.63. The Kier molecular flexibility index (Phi) is 3.44. The van der Waals surface area contributed by atoms with Crippen molar-refractivity contribution in [3.05, 3.63) is 57.6 Å². The number of hydrogen-bond acceptors (Lipinski definition) is 3. The Morgan fingerprint density at radius 3 is 2.94 bits per heavy atom. The van der Waals surface area contributed by atoms with Gasteiger partial charge in [-0.05, 0) is 24.6 Å². The Labute approximate surface area is 104 Å². The standard InChI is InChI=1S/C12H12ClN3O/c1-8(9-3-2-4-10(13)5-9)16-11-6-12(17)15-7-14-11/h2-8H,1H3,(H2,14,15,16,17). The Morgan fingerprint density at radius 1 is 1.41 bits per heavy atom. The molecule has 17 heavy (non-hydrogen) atoms. The van der Waals surface area contributed by atoms with E-state index in [0.717, 1.165) is 5.56 Å². The van der Waals surface area contributed by atoms with Crippen LogP contribution in [0.5, 0.6) is 0 Å².